The van der Waals surface area contributed by atoms with Gasteiger partial charge in [0.15, 0.2) is 0 Å². The monoisotopic (exact) mass is 279 g/mol. The molecule has 0 aromatic carbocycles. The van der Waals surface area contributed by atoms with E-state index in [-0.39, 0.29) is 0 Å². The van der Waals surface area contributed by atoms with Crippen molar-refractivity contribution in [2.45, 2.75) is 45.4 Å². The Labute approximate surface area is 121 Å². The fraction of sp³-hybridized carbons (Fsp3) is 0.667. The summed E-state index contributed by atoms with van der Waals surface area (Å²) in [6, 6.07) is 0. The van der Waals surface area contributed by atoms with Crippen molar-refractivity contribution in [3.8, 4) is 0 Å². The Bertz CT molecular complexity index is 457. The summed E-state index contributed by atoms with van der Waals surface area (Å²) in [6.45, 7) is 12.0. The minimum Gasteiger partial charge on any atom is -0.398 e. The molecule has 0 unspecified atom stereocenters. The molecule has 0 aliphatic carbocycles. The molecule has 1 aliphatic rings. The predicted molar refractivity (Wildman–Crippen MR) is 84.6 cm³/mol. The minimum absolute atomic E-state index is 0.406. The molecule has 1 aromatic rings. The van der Waals surface area contributed by atoms with Crippen molar-refractivity contribution in [2.24, 2.45) is 0 Å². The van der Waals surface area contributed by atoms with Gasteiger partial charge in [0, 0.05) is 35.5 Å². The van der Waals surface area contributed by atoms with E-state index in [4.69, 9.17) is 5.73 Å². The lowest BCUT2D eigenvalue weighted by atomic mass is 10.1. The maximum absolute atomic E-state index is 6.10. The van der Waals surface area contributed by atoms with E-state index in [0.717, 1.165) is 42.1 Å². The highest BCUT2D eigenvalue weighted by atomic mass is 32.2. The van der Waals surface area contributed by atoms with Crippen molar-refractivity contribution in [1.82, 2.24) is 9.88 Å². The van der Waals surface area contributed by atoms with E-state index < -0.39 is 0 Å². The van der Waals surface area contributed by atoms with Crippen molar-refractivity contribution in [1.29, 1.82) is 0 Å². The van der Waals surface area contributed by atoms with Gasteiger partial charge in [-0.2, -0.15) is 11.8 Å². The highest BCUT2D eigenvalue weighted by Crippen LogP contribution is 2.31. The van der Waals surface area contributed by atoms with Crippen LogP contribution >= 0.6 is 11.8 Å². The van der Waals surface area contributed by atoms with Gasteiger partial charge < -0.3 is 5.73 Å². The third-order valence-electron chi connectivity index (χ3n) is 3.98. The van der Waals surface area contributed by atoms with Crippen LogP contribution in [0.1, 0.15) is 37.1 Å². The molecule has 0 saturated carbocycles. The number of nitrogens with zero attached hydrogens (tertiary/aromatic N) is 2. The topological polar surface area (TPSA) is 42.2 Å². The molecule has 19 heavy (non-hydrogen) atoms. The van der Waals surface area contributed by atoms with Crippen molar-refractivity contribution in [3.05, 3.63) is 23.0 Å². The van der Waals surface area contributed by atoms with Gasteiger partial charge in [-0.3, -0.25) is 9.88 Å². The van der Waals surface area contributed by atoms with Crippen LogP contribution in [-0.2, 0) is 6.54 Å². The second-order valence-corrected chi connectivity index (χ2v) is 7.86. The number of nitrogens with two attached hydrogens (primary N) is 1. The van der Waals surface area contributed by atoms with Crippen molar-refractivity contribution >= 4 is 17.4 Å². The molecule has 0 spiro atoms. The van der Waals surface area contributed by atoms with Gasteiger partial charge in [-0.05, 0) is 37.9 Å². The maximum Gasteiger partial charge on any atom is 0.0593 e. The maximum atomic E-state index is 6.10. The molecule has 3 nitrogen and oxygen atoms in total. The molecule has 0 amide bonds. The molecular weight excluding hydrogens is 254 g/mol. The van der Waals surface area contributed by atoms with Gasteiger partial charge in [-0.1, -0.05) is 13.8 Å². The number of pyridine rings is 1. The second kappa shape index (κ2) is 5.71. The lowest BCUT2D eigenvalue weighted by molar-refractivity contribution is 0.272. The lowest BCUT2D eigenvalue weighted by Gasteiger charge is -2.23. The molecule has 1 aliphatic heterocycles. The number of thioether (sulfide) groups is 1. The molecule has 106 valence electrons. The Morgan fingerprint density at radius 2 is 2.11 bits per heavy atom. The zero-order chi connectivity index (χ0) is 14.0. The average Bonchev–Trinajstić information content (AvgIpc) is 2.52. The largest absolute Gasteiger partial charge is 0.398 e. The van der Waals surface area contributed by atoms with E-state index >= 15 is 0 Å². The first kappa shape index (κ1) is 14.7. The van der Waals surface area contributed by atoms with E-state index in [2.05, 4.69) is 42.4 Å². The number of nitrogen functional groups attached to an aromatic ring is 1. The van der Waals surface area contributed by atoms with Crippen LogP contribution < -0.4 is 5.73 Å². The van der Waals surface area contributed by atoms with Crippen LogP contribution in [0.2, 0.25) is 0 Å². The summed E-state index contributed by atoms with van der Waals surface area (Å²) in [5.41, 5.74) is 10.4. The van der Waals surface area contributed by atoms with Gasteiger partial charge in [-0.25, -0.2) is 0 Å². The molecular formula is C15H25N3S. The second-order valence-electron chi connectivity index (χ2n) is 6.06. The molecule has 0 radical (unpaired) electrons. The van der Waals surface area contributed by atoms with Gasteiger partial charge in [0.2, 0.25) is 0 Å². The molecule has 2 heterocycles. The Hall–Kier alpha value is -0.740. The van der Waals surface area contributed by atoms with E-state index in [1.54, 1.807) is 0 Å². The third-order valence-corrected chi connectivity index (χ3v) is 5.35. The van der Waals surface area contributed by atoms with Gasteiger partial charge in [0.05, 0.1) is 5.69 Å². The zero-order valence-corrected chi connectivity index (χ0v) is 13.3. The molecule has 2 rings (SSSR count). The van der Waals surface area contributed by atoms with Gasteiger partial charge in [0.1, 0.15) is 0 Å². The van der Waals surface area contributed by atoms with Crippen molar-refractivity contribution in [2.75, 3.05) is 24.6 Å². The van der Waals surface area contributed by atoms with Crippen LogP contribution in [0.4, 0.5) is 5.69 Å². The van der Waals surface area contributed by atoms with E-state index in [9.17, 15) is 0 Å². The third kappa shape index (κ3) is 3.63. The number of rotatable bonds is 2. The number of hydrogen-bond donors (Lipinski definition) is 1. The average molecular weight is 279 g/mol. The Kier molecular flexibility index (Phi) is 4.41. The first-order valence-electron chi connectivity index (χ1n) is 6.96. The molecule has 4 heteroatoms. The van der Waals surface area contributed by atoms with Crippen LogP contribution in [0, 0.1) is 13.8 Å². The summed E-state index contributed by atoms with van der Waals surface area (Å²) in [5.74, 6) is 1.20. The summed E-state index contributed by atoms with van der Waals surface area (Å²) < 4.78 is 0.406. The summed E-state index contributed by atoms with van der Waals surface area (Å²) in [6.07, 6.45) is 3.13. The lowest BCUT2D eigenvalue weighted by Crippen LogP contribution is -2.27. The quantitative estimate of drug-likeness (QED) is 0.903. The highest BCUT2D eigenvalue weighted by Gasteiger charge is 2.24. The van der Waals surface area contributed by atoms with E-state index in [1.165, 1.54) is 12.2 Å². The molecule has 0 atom stereocenters. The summed E-state index contributed by atoms with van der Waals surface area (Å²) in [7, 11) is 0. The number of aromatic nitrogens is 1. The minimum atomic E-state index is 0.406. The molecule has 1 aromatic heterocycles. The normalized spacial score (nSPS) is 20.2. The Morgan fingerprint density at radius 3 is 2.84 bits per heavy atom. The highest BCUT2D eigenvalue weighted by molar-refractivity contribution is 8.00. The predicted octanol–water partition coefficient (Wildman–Crippen LogP) is 3.00. The van der Waals surface area contributed by atoms with Crippen molar-refractivity contribution in [3.63, 3.8) is 0 Å². The van der Waals surface area contributed by atoms with Crippen LogP contribution in [-0.4, -0.2) is 33.5 Å². The molecule has 0 bridgehead atoms. The van der Waals surface area contributed by atoms with Crippen molar-refractivity contribution < 1.29 is 0 Å². The van der Waals surface area contributed by atoms with Crippen LogP contribution in [0.3, 0.4) is 0 Å². The molecule has 1 saturated heterocycles. The Balaban J connectivity index is 2.07. The van der Waals surface area contributed by atoms with E-state index in [1.807, 2.05) is 13.1 Å². The van der Waals surface area contributed by atoms with Gasteiger partial charge in [0.25, 0.3) is 0 Å². The first-order chi connectivity index (χ1) is 8.89. The molecule has 1 fully saturated rings. The van der Waals surface area contributed by atoms with Gasteiger partial charge >= 0.3 is 0 Å². The fourth-order valence-corrected chi connectivity index (χ4v) is 3.52. The zero-order valence-electron chi connectivity index (χ0n) is 12.5. The number of anilines is 1. The fourth-order valence-electron chi connectivity index (χ4n) is 2.38. The SMILES string of the molecule is Cc1cnc(CN2CCSC(C)(C)CC2)c(C)c1N. The van der Waals surface area contributed by atoms with Crippen LogP contribution in [0.5, 0.6) is 0 Å². The van der Waals surface area contributed by atoms with Crippen LogP contribution in [0.25, 0.3) is 0 Å². The van der Waals surface area contributed by atoms with E-state index in [0.29, 0.717) is 4.75 Å². The number of hydrogen-bond acceptors (Lipinski definition) is 4. The summed E-state index contributed by atoms with van der Waals surface area (Å²) >= 11 is 2.08. The summed E-state index contributed by atoms with van der Waals surface area (Å²) in [4.78, 5) is 7.08. The van der Waals surface area contributed by atoms with Crippen LogP contribution in [0.15, 0.2) is 6.20 Å². The first-order valence-corrected chi connectivity index (χ1v) is 7.94. The molecule has 2 N–H and O–H groups in total. The number of aryl methyl sites for hydroxylation is 1. The smallest absolute Gasteiger partial charge is 0.0593 e. The standard InChI is InChI=1S/C15H25N3S/c1-11-9-17-13(12(2)14(11)16)10-18-6-5-15(3,4)19-8-7-18/h9H,5-8,10H2,1-4H3,(H2,16,17). The van der Waals surface area contributed by atoms with Gasteiger partial charge in [-0.15, -0.1) is 0 Å². The summed E-state index contributed by atoms with van der Waals surface area (Å²) in [5, 5.41) is 0. The Morgan fingerprint density at radius 1 is 1.37 bits per heavy atom.